The molecule has 0 saturated carbocycles. The van der Waals surface area contributed by atoms with Crippen LogP contribution in [0, 0.1) is 0 Å². The van der Waals surface area contributed by atoms with Gasteiger partial charge < -0.3 is 15.0 Å². The van der Waals surface area contributed by atoms with Gasteiger partial charge in [0.15, 0.2) is 0 Å². The summed E-state index contributed by atoms with van der Waals surface area (Å²) in [5.41, 5.74) is 4.61. The molecule has 4 rings (SSSR count). The van der Waals surface area contributed by atoms with E-state index in [-0.39, 0.29) is 6.04 Å². The Morgan fingerprint density at radius 3 is 2.92 bits per heavy atom. The van der Waals surface area contributed by atoms with Crippen LogP contribution in [0.2, 0.25) is 10.0 Å². The van der Waals surface area contributed by atoms with E-state index in [0.717, 1.165) is 35.5 Å². The maximum absolute atomic E-state index is 6.45. The smallest absolute Gasteiger partial charge is 0.120 e. The lowest BCUT2D eigenvalue weighted by atomic mass is 9.94. The number of nitrogens with one attached hydrogen (secondary N) is 2. The van der Waals surface area contributed by atoms with Crippen LogP contribution in [0.15, 0.2) is 36.4 Å². The number of hydrogen-bond acceptors (Lipinski definition) is 2. The highest BCUT2D eigenvalue weighted by Crippen LogP contribution is 2.38. The first-order valence-corrected chi connectivity index (χ1v) is 8.89. The Kier molecular flexibility index (Phi) is 4.17. The van der Waals surface area contributed by atoms with Gasteiger partial charge in [0, 0.05) is 23.1 Å². The van der Waals surface area contributed by atoms with Crippen LogP contribution in [0.1, 0.15) is 29.8 Å². The Bertz CT molecular complexity index is 904. The molecule has 0 spiro atoms. The molecule has 2 N–H and O–H groups in total. The zero-order chi connectivity index (χ0) is 16.7. The summed E-state index contributed by atoms with van der Waals surface area (Å²) >= 11 is 12.7. The van der Waals surface area contributed by atoms with Crippen LogP contribution in [0.4, 0.5) is 0 Å². The second-order valence-electron chi connectivity index (χ2n) is 5.94. The number of hydrogen-bond donors (Lipinski definition) is 2. The van der Waals surface area contributed by atoms with Crippen molar-refractivity contribution in [1.82, 2.24) is 10.3 Å². The average molecular weight is 361 g/mol. The Balaban J connectivity index is 1.85. The molecule has 124 valence electrons. The normalized spacial score (nSPS) is 17.0. The number of ether oxygens (including phenoxy) is 1. The van der Waals surface area contributed by atoms with Crippen molar-refractivity contribution in [3.05, 3.63) is 63.3 Å². The number of rotatable bonds is 3. The fourth-order valence-corrected chi connectivity index (χ4v) is 3.89. The summed E-state index contributed by atoms with van der Waals surface area (Å²) in [6.45, 7) is 3.56. The molecule has 5 heteroatoms. The number of benzene rings is 2. The van der Waals surface area contributed by atoms with E-state index in [0.29, 0.717) is 16.7 Å². The second-order valence-corrected chi connectivity index (χ2v) is 6.72. The predicted molar refractivity (Wildman–Crippen MR) is 99.5 cm³/mol. The monoisotopic (exact) mass is 360 g/mol. The van der Waals surface area contributed by atoms with Gasteiger partial charge >= 0.3 is 0 Å². The average Bonchev–Trinajstić information content (AvgIpc) is 2.96. The van der Waals surface area contributed by atoms with Crippen LogP contribution in [0.3, 0.4) is 0 Å². The van der Waals surface area contributed by atoms with Crippen molar-refractivity contribution >= 4 is 34.1 Å². The first-order chi connectivity index (χ1) is 11.7. The van der Waals surface area contributed by atoms with Crippen LogP contribution in [0.25, 0.3) is 10.9 Å². The van der Waals surface area contributed by atoms with Gasteiger partial charge in [0.2, 0.25) is 0 Å². The fourth-order valence-electron chi connectivity index (χ4n) is 3.47. The number of aromatic nitrogens is 1. The highest BCUT2D eigenvalue weighted by Gasteiger charge is 2.27. The molecule has 0 aliphatic carbocycles. The lowest BCUT2D eigenvalue weighted by Gasteiger charge is -2.25. The third kappa shape index (κ3) is 2.57. The molecule has 24 heavy (non-hydrogen) atoms. The van der Waals surface area contributed by atoms with Crippen molar-refractivity contribution in [2.75, 3.05) is 13.2 Å². The molecule has 3 aromatic rings. The maximum Gasteiger partial charge on any atom is 0.120 e. The Morgan fingerprint density at radius 1 is 1.21 bits per heavy atom. The third-order valence-electron chi connectivity index (χ3n) is 4.53. The van der Waals surface area contributed by atoms with Gasteiger partial charge in [0.25, 0.3) is 0 Å². The van der Waals surface area contributed by atoms with Crippen molar-refractivity contribution in [2.24, 2.45) is 0 Å². The Labute approximate surface area is 150 Å². The molecule has 0 bridgehead atoms. The quantitative estimate of drug-likeness (QED) is 0.680. The fraction of sp³-hybridized carbons (Fsp3) is 0.263. The van der Waals surface area contributed by atoms with E-state index in [1.165, 1.54) is 10.9 Å². The minimum atomic E-state index is 0.0166. The summed E-state index contributed by atoms with van der Waals surface area (Å²) in [6, 6.07) is 12.0. The second kappa shape index (κ2) is 6.32. The van der Waals surface area contributed by atoms with E-state index in [1.807, 2.05) is 31.2 Å². The van der Waals surface area contributed by atoms with Crippen LogP contribution in [-0.4, -0.2) is 18.1 Å². The molecule has 2 heterocycles. The lowest BCUT2D eigenvalue weighted by molar-refractivity contribution is 0.340. The van der Waals surface area contributed by atoms with Crippen LogP contribution in [0.5, 0.6) is 5.75 Å². The van der Waals surface area contributed by atoms with E-state index in [2.05, 4.69) is 22.4 Å². The molecule has 1 unspecified atom stereocenters. The molecule has 0 amide bonds. The molecule has 0 fully saturated rings. The van der Waals surface area contributed by atoms with Gasteiger partial charge in [-0.3, -0.25) is 0 Å². The minimum absolute atomic E-state index is 0.0166. The summed E-state index contributed by atoms with van der Waals surface area (Å²) in [4.78, 5) is 3.56. The molecule has 3 nitrogen and oxygen atoms in total. The summed E-state index contributed by atoms with van der Waals surface area (Å²) in [5.74, 6) is 0.905. The number of fused-ring (bicyclic) bond motifs is 3. The van der Waals surface area contributed by atoms with Gasteiger partial charge in [-0.2, -0.15) is 0 Å². The SMILES string of the molecule is CCOc1ccc2[nH]c3c(c2c1)CCNC3c1cccc(Cl)c1Cl. The van der Waals surface area contributed by atoms with Crippen LogP contribution < -0.4 is 10.1 Å². The van der Waals surface area contributed by atoms with Crippen molar-refractivity contribution in [1.29, 1.82) is 0 Å². The summed E-state index contributed by atoms with van der Waals surface area (Å²) in [5, 5.41) is 5.97. The van der Waals surface area contributed by atoms with E-state index < -0.39 is 0 Å². The highest BCUT2D eigenvalue weighted by atomic mass is 35.5. The Hall–Kier alpha value is -1.68. The molecular formula is C19H18Cl2N2O. The van der Waals surface area contributed by atoms with Gasteiger partial charge in [-0.25, -0.2) is 0 Å². The first-order valence-electron chi connectivity index (χ1n) is 8.13. The number of H-pyrrole nitrogens is 1. The van der Waals surface area contributed by atoms with Crippen LogP contribution >= 0.6 is 23.2 Å². The Morgan fingerprint density at radius 2 is 2.08 bits per heavy atom. The van der Waals surface area contributed by atoms with Crippen LogP contribution in [-0.2, 0) is 6.42 Å². The molecule has 1 aliphatic heterocycles. The van der Waals surface area contributed by atoms with Gasteiger partial charge in [0.05, 0.1) is 22.7 Å². The van der Waals surface area contributed by atoms with E-state index in [9.17, 15) is 0 Å². The topological polar surface area (TPSA) is 37.0 Å². The lowest BCUT2D eigenvalue weighted by Crippen LogP contribution is -2.30. The maximum atomic E-state index is 6.45. The van der Waals surface area contributed by atoms with Crippen molar-refractivity contribution in [2.45, 2.75) is 19.4 Å². The molecule has 0 radical (unpaired) electrons. The predicted octanol–water partition coefficient (Wildman–Crippen LogP) is 5.11. The summed E-state index contributed by atoms with van der Waals surface area (Å²) < 4.78 is 5.65. The van der Waals surface area contributed by atoms with Crippen molar-refractivity contribution < 1.29 is 4.74 Å². The molecule has 1 aromatic heterocycles. The van der Waals surface area contributed by atoms with Gasteiger partial charge in [0.1, 0.15) is 5.75 Å². The molecule has 2 aromatic carbocycles. The van der Waals surface area contributed by atoms with Gasteiger partial charge in [-0.15, -0.1) is 0 Å². The van der Waals surface area contributed by atoms with E-state index in [4.69, 9.17) is 27.9 Å². The zero-order valence-corrected chi connectivity index (χ0v) is 14.8. The minimum Gasteiger partial charge on any atom is -0.494 e. The molecular weight excluding hydrogens is 343 g/mol. The van der Waals surface area contributed by atoms with E-state index in [1.54, 1.807) is 0 Å². The summed E-state index contributed by atoms with van der Waals surface area (Å²) in [7, 11) is 0. The highest BCUT2D eigenvalue weighted by molar-refractivity contribution is 6.42. The largest absolute Gasteiger partial charge is 0.494 e. The molecule has 0 saturated heterocycles. The first kappa shape index (κ1) is 15.8. The van der Waals surface area contributed by atoms with E-state index >= 15 is 0 Å². The summed E-state index contributed by atoms with van der Waals surface area (Å²) in [6.07, 6.45) is 0.972. The van der Waals surface area contributed by atoms with Crippen molar-refractivity contribution in [3.63, 3.8) is 0 Å². The third-order valence-corrected chi connectivity index (χ3v) is 5.36. The van der Waals surface area contributed by atoms with Crippen molar-refractivity contribution in [3.8, 4) is 5.75 Å². The van der Waals surface area contributed by atoms with Gasteiger partial charge in [-0.1, -0.05) is 35.3 Å². The number of halogens is 2. The number of aromatic amines is 1. The zero-order valence-electron chi connectivity index (χ0n) is 13.3. The van der Waals surface area contributed by atoms with Gasteiger partial charge in [-0.05, 0) is 48.7 Å². The molecule has 1 atom stereocenters. The standard InChI is InChI=1S/C19H18Cl2N2O/c1-2-24-11-6-7-16-14(10-11)12-8-9-22-18(19(12)23-16)13-4-3-5-15(20)17(13)21/h3-7,10,18,22-23H,2,8-9H2,1H3. The molecule has 1 aliphatic rings.